The molecule has 0 atom stereocenters. The van der Waals surface area contributed by atoms with E-state index in [-0.39, 0.29) is 0 Å². The summed E-state index contributed by atoms with van der Waals surface area (Å²) < 4.78 is 4.98. The number of amides is 1. The second-order valence-corrected chi connectivity index (χ2v) is 3.97. The van der Waals surface area contributed by atoms with Crippen molar-refractivity contribution in [2.45, 2.75) is 13.5 Å². The summed E-state index contributed by atoms with van der Waals surface area (Å²) in [5.74, 6) is 0.805. The predicted octanol–water partition coefficient (Wildman–Crippen LogP) is 0.779. The molecule has 16 heavy (non-hydrogen) atoms. The van der Waals surface area contributed by atoms with Crippen molar-refractivity contribution < 1.29 is 14.4 Å². The van der Waals surface area contributed by atoms with Crippen LogP contribution in [0.1, 0.15) is 11.5 Å². The summed E-state index contributed by atoms with van der Waals surface area (Å²) in [5, 5.41) is 12.7. The smallest absolute Gasteiger partial charge is 0.407 e. The van der Waals surface area contributed by atoms with Crippen molar-refractivity contribution in [3.05, 3.63) is 17.5 Å². The summed E-state index contributed by atoms with van der Waals surface area (Å²) >= 11 is 0. The average Bonchev–Trinajstić information content (AvgIpc) is 2.65. The third kappa shape index (κ3) is 2.52. The lowest BCUT2D eigenvalue weighted by Gasteiger charge is -2.32. The van der Waals surface area contributed by atoms with Crippen LogP contribution in [0.3, 0.4) is 0 Å². The number of carboxylic acid groups (broad SMARTS) is 1. The SMILES string of the molecule is Cc1cc(CN2CCN(C(=O)O)CC2)no1. The molecule has 0 unspecified atom stereocenters. The lowest BCUT2D eigenvalue weighted by atomic mass is 10.3. The molecule has 0 bridgehead atoms. The highest BCUT2D eigenvalue weighted by molar-refractivity contribution is 5.65. The number of hydrogen-bond donors (Lipinski definition) is 1. The molecule has 1 amide bonds. The van der Waals surface area contributed by atoms with Crippen LogP contribution in [0.25, 0.3) is 0 Å². The molecule has 6 nitrogen and oxygen atoms in total. The third-order valence-corrected chi connectivity index (χ3v) is 2.71. The van der Waals surface area contributed by atoms with Crippen molar-refractivity contribution in [3.63, 3.8) is 0 Å². The van der Waals surface area contributed by atoms with Crippen LogP contribution in [0, 0.1) is 6.92 Å². The van der Waals surface area contributed by atoms with Gasteiger partial charge in [0.25, 0.3) is 0 Å². The molecule has 1 aliphatic heterocycles. The van der Waals surface area contributed by atoms with E-state index in [2.05, 4.69) is 10.1 Å². The molecule has 1 aromatic rings. The number of carbonyl (C=O) groups is 1. The van der Waals surface area contributed by atoms with Gasteiger partial charge in [0.05, 0.1) is 5.69 Å². The van der Waals surface area contributed by atoms with E-state index in [4.69, 9.17) is 9.63 Å². The summed E-state index contributed by atoms with van der Waals surface area (Å²) in [7, 11) is 0. The summed E-state index contributed by atoms with van der Waals surface area (Å²) in [4.78, 5) is 14.3. The van der Waals surface area contributed by atoms with Crippen LogP contribution in [-0.2, 0) is 6.54 Å². The summed E-state index contributed by atoms with van der Waals surface area (Å²) in [6.07, 6.45) is -0.836. The molecule has 0 aromatic carbocycles. The van der Waals surface area contributed by atoms with E-state index < -0.39 is 6.09 Å². The Morgan fingerprint density at radius 1 is 1.50 bits per heavy atom. The highest BCUT2D eigenvalue weighted by Crippen LogP contribution is 2.08. The quantitative estimate of drug-likeness (QED) is 0.805. The fraction of sp³-hybridized carbons (Fsp3) is 0.600. The van der Waals surface area contributed by atoms with Crippen molar-refractivity contribution in [2.75, 3.05) is 26.2 Å². The van der Waals surface area contributed by atoms with Crippen LogP contribution in [0.4, 0.5) is 4.79 Å². The number of hydrogen-bond acceptors (Lipinski definition) is 4. The first-order chi connectivity index (χ1) is 7.65. The second kappa shape index (κ2) is 4.52. The number of aromatic nitrogens is 1. The van der Waals surface area contributed by atoms with Gasteiger partial charge in [-0.2, -0.15) is 0 Å². The van der Waals surface area contributed by atoms with Gasteiger partial charge < -0.3 is 14.5 Å². The van der Waals surface area contributed by atoms with E-state index in [9.17, 15) is 4.79 Å². The zero-order valence-corrected chi connectivity index (χ0v) is 9.22. The molecule has 88 valence electrons. The van der Waals surface area contributed by atoms with E-state index in [1.807, 2.05) is 13.0 Å². The number of nitrogens with zero attached hydrogens (tertiary/aromatic N) is 3. The van der Waals surface area contributed by atoms with Crippen LogP contribution in [0.5, 0.6) is 0 Å². The molecule has 1 fully saturated rings. The summed E-state index contributed by atoms with van der Waals surface area (Å²) in [6, 6.07) is 1.91. The van der Waals surface area contributed by atoms with Gasteiger partial charge in [-0.05, 0) is 6.92 Å². The summed E-state index contributed by atoms with van der Waals surface area (Å²) in [5.41, 5.74) is 0.904. The maximum absolute atomic E-state index is 10.7. The van der Waals surface area contributed by atoms with Gasteiger partial charge in [-0.25, -0.2) is 4.79 Å². The zero-order valence-electron chi connectivity index (χ0n) is 9.22. The monoisotopic (exact) mass is 225 g/mol. The maximum atomic E-state index is 10.7. The Morgan fingerprint density at radius 3 is 2.69 bits per heavy atom. The minimum absolute atomic E-state index is 0.562. The Bertz CT molecular complexity index is 369. The molecule has 2 rings (SSSR count). The molecule has 0 aliphatic carbocycles. The minimum atomic E-state index is -0.836. The number of aryl methyl sites for hydroxylation is 1. The molecule has 0 radical (unpaired) electrons. The Morgan fingerprint density at radius 2 is 2.19 bits per heavy atom. The average molecular weight is 225 g/mol. The van der Waals surface area contributed by atoms with Crippen LogP contribution in [0.2, 0.25) is 0 Å². The predicted molar refractivity (Wildman–Crippen MR) is 56.1 cm³/mol. The van der Waals surface area contributed by atoms with Crippen molar-refractivity contribution in [1.29, 1.82) is 0 Å². The van der Waals surface area contributed by atoms with Gasteiger partial charge >= 0.3 is 6.09 Å². The van der Waals surface area contributed by atoms with E-state index >= 15 is 0 Å². The highest BCUT2D eigenvalue weighted by Gasteiger charge is 2.20. The van der Waals surface area contributed by atoms with Crippen LogP contribution in [-0.4, -0.2) is 52.3 Å². The van der Waals surface area contributed by atoms with Gasteiger partial charge in [-0.15, -0.1) is 0 Å². The molecule has 1 N–H and O–H groups in total. The van der Waals surface area contributed by atoms with Gasteiger partial charge in [0, 0.05) is 38.8 Å². The Balaban J connectivity index is 1.83. The third-order valence-electron chi connectivity index (χ3n) is 2.71. The number of rotatable bonds is 2. The van der Waals surface area contributed by atoms with Crippen LogP contribution >= 0.6 is 0 Å². The van der Waals surface area contributed by atoms with E-state index in [0.717, 1.165) is 31.1 Å². The molecule has 0 saturated carbocycles. The Kier molecular flexibility index (Phi) is 3.09. The first-order valence-electron chi connectivity index (χ1n) is 5.27. The first-order valence-corrected chi connectivity index (χ1v) is 5.27. The molecule has 1 aromatic heterocycles. The van der Waals surface area contributed by atoms with Crippen molar-refractivity contribution >= 4 is 6.09 Å². The molecular formula is C10H15N3O3. The van der Waals surface area contributed by atoms with Gasteiger partial charge in [0.15, 0.2) is 0 Å². The molecule has 0 spiro atoms. The summed E-state index contributed by atoms with van der Waals surface area (Å²) in [6.45, 7) is 5.21. The maximum Gasteiger partial charge on any atom is 0.407 e. The largest absolute Gasteiger partial charge is 0.465 e. The first kappa shape index (κ1) is 10.9. The van der Waals surface area contributed by atoms with Crippen LogP contribution < -0.4 is 0 Å². The molecule has 1 saturated heterocycles. The fourth-order valence-electron chi connectivity index (χ4n) is 1.82. The molecular weight excluding hydrogens is 210 g/mol. The van der Waals surface area contributed by atoms with Crippen LogP contribution in [0.15, 0.2) is 10.6 Å². The van der Waals surface area contributed by atoms with Gasteiger partial charge in [0.1, 0.15) is 5.76 Å². The fourth-order valence-corrected chi connectivity index (χ4v) is 1.82. The molecule has 6 heteroatoms. The van der Waals surface area contributed by atoms with Crippen molar-refractivity contribution in [3.8, 4) is 0 Å². The Labute approximate surface area is 93.4 Å². The van der Waals surface area contributed by atoms with E-state index in [1.165, 1.54) is 4.90 Å². The van der Waals surface area contributed by atoms with Gasteiger partial charge in [-0.3, -0.25) is 4.90 Å². The number of piperazine rings is 1. The molecule has 2 heterocycles. The lowest BCUT2D eigenvalue weighted by molar-refractivity contribution is 0.102. The second-order valence-electron chi connectivity index (χ2n) is 3.97. The van der Waals surface area contributed by atoms with E-state index in [0.29, 0.717) is 13.1 Å². The highest BCUT2D eigenvalue weighted by atomic mass is 16.5. The van der Waals surface area contributed by atoms with Gasteiger partial charge in [0.2, 0.25) is 0 Å². The van der Waals surface area contributed by atoms with Crippen molar-refractivity contribution in [1.82, 2.24) is 15.0 Å². The zero-order chi connectivity index (χ0) is 11.5. The topological polar surface area (TPSA) is 69.8 Å². The molecule has 1 aliphatic rings. The lowest BCUT2D eigenvalue weighted by Crippen LogP contribution is -2.47. The van der Waals surface area contributed by atoms with E-state index in [1.54, 1.807) is 0 Å². The minimum Gasteiger partial charge on any atom is -0.465 e. The van der Waals surface area contributed by atoms with Crippen molar-refractivity contribution in [2.24, 2.45) is 0 Å². The Hall–Kier alpha value is -1.56. The van der Waals surface area contributed by atoms with Gasteiger partial charge in [-0.1, -0.05) is 5.16 Å². The standard InChI is InChI=1S/C10H15N3O3/c1-8-6-9(11-16-8)7-12-2-4-13(5-3-12)10(14)15/h6H,2-5,7H2,1H3,(H,14,15). The normalized spacial score (nSPS) is 17.7.